The molecule has 1 saturated heterocycles. The summed E-state index contributed by atoms with van der Waals surface area (Å²) in [5.74, 6) is 0.337. The van der Waals surface area contributed by atoms with Gasteiger partial charge in [-0.15, -0.1) is 0 Å². The van der Waals surface area contributed by atoms with Gasteiger partial charge in [-0.3, -0.25) is 10.1 Å². The number of pyridine rings is 1. The van der Waals surface area contributed by atoms with Crippen molar-refractivity contribution in [1.29, 1.82) is 0 Å². The maximum Gasteiger partial charge on any atom is 0.123 e. The van der Waals surface area contributed by atoms with Crippen molar-refractivity contribution in [2.24, 2.45) is 0 Å². The van der Waals surface area contributed by atoms with E-state index >= 15 is 0 Å². The summed E-state index contributed by atoms with van der Waals surface area (Å²) in [6.07, 6.45) is 4.11. The third-order valence-electron chi connectivity index (χ3n) is 6.32. The van der Waals surface area contributed by atoms with Gasteiger partial charge < -0.3 is 10.3 Å². The summed E-state index contributed by atoms with van der Waals surface area (Å²) >= 11 is 0. The molecule has 0 saturated carbocycles. The van der Waals surface area contributed by atoms with Crippen LogP contribution in [0.3, 0.4) is 0 Å². The number of halogens is 1. The summed E-state index contributed by atoms with van der Waals surface area (Å²) in [5, 5.41) is 13.4. The van der Waals surface area contributed by atoms with Crippen LogP contribution < -0.4 is 5.32 Å². The van der Waals surface area contributed by atoms with E-state index in [-0.39, 0.29) is 5.82 Å². The molecule has 6 heteroatoms. The fourth-order valence-electron chi connectivity index (χ4n) is 4.67. The third-order valence-corrected chi connectivity index (χ3v) is 6.32. The lowest BCUT2D eigenvalue weighted by molar-refractivity contribution is 0.460. The van der Waals surface area contributed by atoms with Gasteiger partial charge in [0.05, 0.1) is 16.9 Å². The van der Waals surface area contributed by atoms with Crippen LogP contribution in [0.5, 0.6) is 0 Å². The minimum absolute atomic E-state index is 0.252. The summed E-state index contributed by atoms with van der Waals surface area (Å²) in [4.78, 5) is 8.07. The first kappa shape index (κ1) is 18.3. The molecule has 1 fully saturated rings. The molecule has 0 unspecified atom stereocenters. The zero-order chi connectivity index (χ0) is 20.8. The molecular weight excluding hydrogens is 389 g/mol. The van der Waals surface area contributed by atoms with Crippen molar-refractivity contribution in [1.82, 2.24) is 25.5 Å². The zero-order valence-electron chi connectivity index (χ0n) is 17.0. The number of benzene rings is 2. The van der Waals surface area contributed by atoms with Crippen molar-refractivity contribution in [3.63, 3.8) is 0 Å². The van der Waals surface area contributed by atoms with Crippen LogP contribution in [-0.2, 0) is 0 Å². The molecule has 154 valence electrons. The maximum atomic E-state index is 13.4. The Morgan fingerprint density at radius 2 is 1.65 bits per heavy atom. The van der Waals surface area contributed by atoms with Gasteiger partial charge in [-0.2, -0.15) is 5.10 Å². The standard InChI is InChI=1S/C25H22FN5/c26-18-4-1-16(2-5-18)24-20-14-23(29-21(20)9-12-28-24)25-19-13-17(3-6-22(19)30-31-25)15-7-10-27-11-8-15/h1-6,9,12-15,27,29H,7-8,10-11H2,(H,30,31). The van der Waals surface area contributed by atoms with Gasteiger partial charge in [0.2, 0.25) is 0 Å². The summed E-state index contributed by atoms with van der Waals surface area (Å²) in [6, 6.07) is 17.2. The van der Waals surface area contributed by atoms with Crippen LogP contribution in [0, 0.1) is 5.82 Å². The number of aromatic nitrogens is 4. The zero-order valence-corrected chi connectivity index (χ0v) is 17.0. The van der Waals surface area contributed by atoms with Crippen molar-refractivity contribution in [3.05, 3.63) is 72.2 Å². The predicted octanol–water partition coefficient (Wildman–Crippen LogP) is 5.38. The Labute approximate surface area is 178 Å². The molecule has 0 spiro atoms. The van der Waals surface area contributed by atoms with E-state index in [9.17, 15) is 4.39 Å². The Kier molecular flexibility index (Phi) is 4.32. The van der Waals surface area contributed by atoms with Gasteiger partial charge in [0, 0.05) is 28.0 Å². The van der Waals surface area contributed by atoms with Crippen molar-refractivity contribution in [3.8, 4) is 22.6 Å². The Morgan fingerprint density at radius 3 is 2.48 bits per heavy atom. The second kappa shape index (κ2) is 7.32. The van der Waals surface area contributed by atoms with Crippen molar-refractivity contribution >= 4 is 21.8 Å². The van der Waals surface area contributed by atoms with Gasteiger partial charge >= 0.3 is 0 Å². The van der Waals surface area contributed by atoms with E-state index in [2.05, 4.69) is 49.7 Å². The van der Waals surface area contributed by atoms with Crippen LogP contribution in [0.2, 0.25) is 0 Å². The lowest BCUT2D eigenvalue weighted by Crippen LogP contribution is -2.26. The summed E-state index contributed by atoms with van der Waals surface area (Å²) in [5.41, 5.74) is 6.96. The van der Waals surface area contributed by atoms with Crippen LogP contribution in [0.1, 0.15) is 24.3 Å². The Morgan fingerprint density at radius 1 is 0.839 bits per heavy atom. The van der Waals surface area contributed by atoms with Crippen molar-refractivity contribution < 1.29 is 4.39 Å². The monoisotopic (exact) mass is 411 g/mol. The maximum absolute atomic E-state index is 13.4. The summed E-state index contributed by atoms with van der Waals surface area (Å²) in [6.45, 7) is 2.14. The fourth-order valence-corrected chi connectivity index (χ4v) is 4.67. The molecule has 0 radical (unpaired) electrons. The van der Waals surface area contributed by atoms with E-state index in [0.717, 1.165) is 70.4 Å². The van der Waals surface area contributed by atoms with Gasteiger partial charge in [-0.25, -0.2) is 4.39 Å². The van der Waals surface area contributed by atoms with E-state index in [1.165, 1.54) is 17.7 Å². The number of H-pyrrole nitrogens is 2. The van der Waals surface area contributed by atoms with Crippen LogP contribution in [0.4, 0.5) is 4.39 Å². The molecule has 31 heavy (non-hydrogen) atoms. The topological polar surface area (TPSA) is 69.4 Å². The molecule has 5 nitrogen and oxygen atoms in total. The SMILES string of the molecule is Fc1ccc(-c2nccc3[nH]c(-c4n[nH]c5ccc(C6CCNCC6)cc45)cc23)cc1. The number of nitrogens with one attached hydrogen (secondary N) is 3. The molecule has 2 aromatic carbocycles. The van der Waals surface area contributed by atoms with Crippen molar-refractivity contribution in [2.45, 2.75) is 18.8 Å². The number of piperidine rings is 1. The smallest absolute Gasteiger partial charge is 0.123 e. The summed E-state index contributed by atoms with van der Waals surface area (Å²) in [7, 11) is 0. The van der Waals surface area contributed by atoms with E-state index in [1.54, 1.807) is 18.3 Å². The highest BCUT2D eigenvalue weighted by atomic mass is 19.1. The van der Waals surface area contributed by atoms with E-state index in [1.807, 2.05) is 6.07 Å². The minimum atomic E-state index is -0.252. The number of nitrogens with zero attached hydrogens (tertiary/aromatic N) is 2. The third kappa shape index (κ3) is 3.20. The number of hydrogen-bond acceptors (Lipinski definition) is 3. The molecule has 3 aromatic heterocycles. The molecule has 3 N–H and O–H groups in total. The Balaban J connectivity index is 1.46. The largest absolute Gasteiger partial charge is 0.353 e. The average Bonchev–Trinajstić information content (AvgIpc) is 3.43. The highest BCUT2D eigenvalue weighted by Crippen LogP contribution is 2.35. The van der Waals surface area contributed by atoms with Gasteiger partial charge in [0.15, 0.2) is 0 Å². The molecule has 0 bridgehead atoms. The number of aromatic amines is 2. The predicted molar refractivity (Wildman–Crippen MR) is 121 cm³/mol. The van der Waals surface area contributed by atoms with Crippen LogP contribution in [0.15, 0.2) is 60.8 Å². The van der Waals surface area contributed by atoms with Gasteiger partial charge in [0.25, 0.3) is 0 Å². The lowest BCUT2D eigenvalue weighted by Gasteiger charge is -2.23. The first-order valence-electron chi connectivity index (χ1n) is 10.7. The van der Waals surface area contributed by atoms with E-state index in [0.29, 0.717) is 5.92 Å². The quantitative estimate of drug-likeness (QED) is 0.373. The first-order valence-corrected chi connectivity index (χ1v) is 10.7. The highest BCUT2D eigenvalue weighted by molar-refractivity contribution is 6.00. The van der Waals surface area contributed by atoms with Crippen LogP contribution in [-0.4, -0.2) is 33.3 Å². The summed E-state index contributed by atoms with van der Waals surface area (Å²) < 4.78 is 13.4. The molecular formula is C25H22FN5. The lowest BCUT2D eigenvalue weighted by atomic mass is 9.89. The molecule has 0 aliphatic carbocycles. The molecule has 4 heterocycles. The molecule has 0 atom stereocenters. The van der Waals surface area contributed by atoms with Gasteiger partial charge in [0.1, 0.15) is 11.5 Å². The molecule has 6 rings (SSSR count). The van der Waals surface area contributed by atoms with Crippen LogP contribution in [0.25, 0.3) is 44.5 Å². The molecule has 1 aliphatic rings. The minimum Gasteiger partial charge on any atom is -0.353 e. The number of rotatable bonds is 3. The fraction of sp³-hybridized carbons (Fsp3) is 0.200. The van der Waals surface area contributed by atoms with Gasteiger partial charge in [-0.1, -0.05) is 6.07 Å². The van der Waals surface area contributed by atoms with E-state index < -0.39 is 0 Å². The highest BCUT2D eigenvalue weighted by Gasteiger charge is 2.18. The average molecular weight is 411 g/mol. The molecule has 1 aliphatic heterocycles. The second-order valence-corrected chi connectivity index (χ2v) is 8.21. The molecule has 5 aromatic rings. The number of fused-ring (bicyclic) bond motifs is 2. The second-order valence-electron chi connectivity index (χ2n) is 8.21. The van der Waals surface area contributed by atoms with Crippen molar-refractivity contribution in [2.75, 3.05) is 13.1 Å². The Hall–Kier alpha value is -3.51. The van der Waals surface area contributed by atoms with E-state index in [4.69, 9.17) is 0 Å². The normalized spacial score (nSPS) is 15.1. The first-order chi connectivity index (χ1) is 15.3. The Bertz CT molecular complexity index is 1380. The molecule has 0 amide bonds. The van der Waals surface area contributed by atoms with Crippen LogP contribution >= 0.6 is 0 Å². The van der Waals surface area contributed by atoms with Gasteiger partial charge in [-0.05, 0) is 85.9 Å². The number of hydrogen-bond donors (Lipinski definition) is 3.